The number of carbonyl (C=O) groups is 4. The Hall–Kier alpha value is -1.94. The molecule has 17 nitrogen and oxygen atoms in total. The van der Waals surface area contributed by atoms with Gasteiger partial charge >= 0.3 is 39.5 Å². The summed E-state index contributed by atoms with van der Waals surface area (Å²) < 4.78 is 68.9. The summed E-state index contributed by atoms with van der Waals surface area (Å²) in [4.78, 5) is 73.2. The van der Waals surface area contributed by atoms with Crippen LogP contribution in [-0.4, -0.2) is 96.7 Å². The highest BCUT2D eigenvalue weighted by Gasteiger charge is 2.30. The van der Waals surface area contributed by atoms with E-state index in [1.165, 1.54) is 289 Å². The van der Waals surface area contributed by atoms with Crippen LogP contribution in [0, 0.1) is 5.92 Å². The van der Waals surface area contributed by atoms with Gasteiger partial charge in [0.15, 0.2) is 12.2 Å². The highest BCUT2D eigenvalue weighted by atomic mass is 31.2. The van der Waals surface area contributed by atoms with Crippen molar-refractivity contribution in [2.24, 2.45) is 5.92 Å². The van der Waals surface area contributed by atoms with E-state index in [9.17, 15) is 43.2 Å². The lowest BCUT2D eigenvalue weighted by molar-refractivity contribution is -0.161. The van der Waals surface area contributed by atoms with E-state index in [1.807, 2.05) is 0 Å². The zero-order valence-electron chi connectivity index (χ0n) is 69.6. The first-order valence-electron chi connectivity index (χ1n) is 45.1. The fourth-order valence-corrected chi connectivity index (χ4v) is 15.2. The van der Waals surface area contributed by atoms with E-state index in [0.717, 1.165) is 96.3 Å². The monoisotopic (exact) mass is 1550 g/mol. The molecule has 106 heavy (non-hydrogen) atoms. The Morgan fingerprint density at radius 1 is 0.255 bits per heavy atom. The third-order valence-corrected chi connectivity index (χ3v) is 22.4. The zero-order chi connectivity index (χ0) is 77.6. The maximum Gasteiger partial charge on any atom is 0.472 e. The van der Waals surface area contributed by atoms with Crippen LogP contribution in [0.1, 0.15) is 471 Å². The van der Waals surface area contributed by atoms with Gasteiger partial charge in [0.2, 0.25) is 0 Å². The minimum Gasteiger partial charge on any atom is -0.462 e. The summed E-state index contributed by atoms with van der Waals surface area (Å²) >= 11 is 0. The van der Waals surface area contributed by atoms with Crippen LogP contribution in [0.4, 0.5) is 0 Å². The summed E-state index contributed by atoms with van der Waals surface area (Å²) in [6, 6.07) is 0. The van der Waals surface area contributed by atoms with Crippen LogP contribution in [-0.2, 0) is 65.4 Å². The number of esters is 4. The SMILES string of the molecule is CCCCCCCCCCCCCCCCCCCCCCCC(=O)OC[C@H](COP(=O)(O)OC[C@@H](O)COP(=O)(O)OC[C@@H](COC(=O)CCCCCCCCC(C)C)OC(=O)CCCCCCCCCCCCCCCCC)OC(=O)CCCCCCCCCCCCCCCCCCCCCCC. The van der Waals surface area contributed by atoms with Crippen molar-refractivity contribution in [2.45, 2.75) is 490 Å². The molecular weight excluding hydrogens is 1380 g/mol. The summed E-state index contributed by atoms with van der Waals surface area (Å²) in [5.74, 6) is -1.42. The van der Waals surface area contributed by atoms with E-state index < -0.39 is 97.5 Å². The van der Waals surface area contributed by atoms with Gasteiger partial charge in [0.1, 0.15) is 19.3 Å². The summed E-state index contributed by atoms with van der Waals surface area (Å²) in [5.41, 5.74) is 0. The molecule has 0 bridgehead atoms. The molecule has 0 aliphatic heterocycles. The van der Waals surface area contributed by atoms with Gasteiger partial charge in [-0.15, -0.1) is 0 Å². The minimum atomic E-state index is -4.97. The number of ether oxygens (including phenoxy) is 4. The fraction of sp³-hybridized carbons (Fsp3) is 0.954. The molecule has 19 heteroatoms. The Labute approximate surface area is 651 Å². The van der Waals surface area contributed by atoms with Crippen LogP contribution >= 0.6 is 15.6 Å². The van der Waals surface area contributed by atoms with Crippen LogP contribution in [0.2, 0.25) is 0 Å². The standard InChI is InChI=1S/C87H170O17P2/c1-6-9-12-15-18-21-24-27-30-32-34-36-38-40-43-45-48-51-54-60-65-70-84(89)97-76-82(103-86(91)72-68-63-56-53-50-47-44-41-39-37-35-33-31-28-25-22-19-16-13-10-7-2)78-101-105(93,94)99-74-81(88)75-100-106(95,96)102-79-83(77-98-85(90)71-66-61-58-57-59-64-69-80(4)5)104-87(92)73-67-62-55-52-49-46-42-29-26-23-20-17-14-11-8-3/h80-83,88H,6-79H2,1-5H3,(H,93,94)(H,95,96)/t81-,82-,83-/m1/s1. The number of hydrogen-bond donors (Lipinski definition) is 3. The molecule has 0 aromatic rings. The van der Waals surface area contributed by atoms with Crippen LogP contribution in [0.3, 0.4) is 0 Å². The van der Waals surface area contributed by atoms with Crippen molar-refractivity contribution in [2.75, 3.05) is 39.6 Å². The lowest BCUT2D eigenvalue weighted by Gasteiger charge is -2.21. The molecule has 0 amide bonds. The molecule has 0 fully saturated rings. The molecule has 0 aromatic carbocycles. The van der Waals surface area contributed by atoms with E-state index in [0.29, 0.717) is 31.6 Å². The predicted molar refractivity (Wildman–Crippen MR) is 437 cm³/mol. The Kier molecular flexibility index (Phi) is 78.2. The summed E-state index contributed by atoms with van der Waals surface area (Å²) in [6.07, 6.45) is 74.0. The van der Waals surface area contributed by atoms with Gasteiger partial charge in [0.05, 0.1) is 26.4 Å². The average Bonchev–Trinajstić information content (AvgIpc) is 0.905. The van der Waals surface area contributed by atoms with Crippen molar-refractivity contribution in [3.63, 3.8) is 0 Å². The maximum absolute atomic E-state index is 13.2. The quantitative estimate of drug-likeness (QED) is 0.0222. The molecular formula is C87H170O17P2. The number of hydrogen-bond acceptors (Lipinski definition) is 15. The second kappa shape index (κ2) is 79.7. The number of phosphoric acid groups is 2. The predicted octanol–water partition coefficient (Wildman–Crippen LogP) is 26.8. The molecule has 0 rings (SSSR count). The molecule has 2 unspecified atom stereocenters. The minimum absolute atomic E-state index is 0.108. The average molecular weight is 1550 g/mol. The van der Waals surface area contributed by atoms with Crippen molar-refractivity contribution in [1.29, 1.82) is 0 Å². The normalized spacial score (nSPS) is 13.7. The number of aliphatic hydroxyl groups excluding tert-OH is 1. The molecule has 0 radical (unpaired) electrons. The molecule has 0 aliphatic rings. The maximum atomic E-state index is 13.2. The molecule has 0 aliphatic carbocycles. The highest BCUT2D eigenvalue weighted by Crippen LogP contribution is 2.45. The van der Waals surface area contributed by atoms with Gasteiger partial charge in [0.25, 0.3) is 0 Å². The topological polar surface area (TPSA) is 237 Å². The van der Waals surface area contributed by atoms with Gasteiger partial charge in [-0.3, -0.25) is 37.3 Å². The van der Waals surface area contributed by atoms with E-state index in [4.69, 9.17) is 37.0 Å². The number of phosphoric ester groups is 2. The fourth-order valence-electron chi connectivity index (χ4n) is 13.6. The Balaban J connectivity index is 5.19. The molecule has 0 heterocycles. The Morgan fingerprint density at radius 3 is 0.642 bits per heavy atom. The lowest BCUT2D eigenvalue weighted by Crippen LogP contribution is -2.30. The lowest BCUT2D eigenvalue weighted by atomic mass is 10.0. The van der Waals surface area contributed by atoms with Crippen LogP contribution < -0.4 is 0 Å². The molecule has 630 valence electrons. The van der Waals surface area contributed by atoms with Crippen molar-refractivity contribution in [3.05, 3.63) is 0 Å². The Bertz CT molecular complexity index is 2010. The number of unbranched alkanes of at least 4 members (excludes halogenated alkanes) is 59. The summed E-state index contributed by atoms with van der Waals surface area (Å²) in [6.45, 7) is 7.28. The number of rotatable bonds is 87. The first-order valence-corrected chi connectivity index (χ1v) is 48.1. The second-order valence-electron chi connectivity index (χ2n) is 31.8. The molecule has 3 N–H and O–H groups in total. The van der Waals surface area contributed by atoms with Crippen molar-refractivity contribution in [1.82, 2.24) is 0 Å². The van der Waals surface area contributed by atoms with Crippen molar-refractivity contribution in [3.8, 4) is 0 Å². The highest BCUT2D eigenvalue weighted by molar-refractivity contribution is 7.47. The molecule has 0 saturated carbocycles. The van der Waals surface area contributed by atoms with Crippen LogP contribution in [0.15, 0.2) is 0 Å². The van der Waals surface area contributed by atoms with Gasteiger partial charge < -0.3 is 33.8 Å². The first-order chi connectivity index (χ1) is 51.5. The van der Waals surface area contributed by atoms with Crippen molar-refractivity contribution >= 4 is 39.5 Å². The number of carbonyl (C=O) groups excluding carboxylic acids is 4. The van der Waals surface area contributed by atoms with Gasteiger partial charge in [-0.25, -0.2) is 9.13 Å². The van der Waals surface area contributed by atoms with Gasteiger partial charge in [-0.2, -0.15) is 0 Å². The van der Waals surface area contributed by atoms with Gasteiger partial charge in [-0.05, 0) is 31.6 Å². The first kappa shape index (κ1) is 104. The molecule has 0 saturated heterocycles. The second-order valence-corrected chi connectivity index (χ2v) is 34.7. The third-order valence-electron chi connectivity index (χ3n) is 20.5. The smallest absolute Gasteiger partial charge is 0.462 e. The summed E-state index contributed by atoms with van der Waals surface area (Å²) in [7, 11) is -9.93. The zero-order valence-corrected chi connectivity index (χ0v) is 71.4. The van der Waals surface area contributed by atoms with Crippen LogP contribution in [0.25, 0.3) is 0 Å². The number of aliphatic hydroxyl groups is 1. The molecule has 0 spiro atoms. The third kappa shape index (κ3) is 80.1. The van der Waals surface area contributed by atoms with Crippen molar-refractivity contribution < 1.29 is 80.2 Å². The Morgan fingerprint density at radius 2 is 0.434 bits per heavy atom. The van der Waals surface area contributed by atoms with E-state index in [-0.39, 0.29) is 25.7 Å². The van der Waals surface area contributed by atoms with Gasteiger partial charge in [-0.1, -0.05) is 420 Å². The molecule has 0 aromatic heterocycles. The van der Waals surface area contributed by atoms with E-state index in [2.05, 4.69) is 34.6 Å². The van der Waals surface area contributed by atoms with Crippen LogP contribution in [0.5, 0.6) is 0 Å². The van der Waals surface area contributed by atoms with E-state index >= 15 is 0 Å². The summed E-state index contributed by atoms with van der Waals surface area (Å²) in [5, 5.41) is 10.7. The van der Waals surface area contributed by atoms with E-state index in [1.54, 1.807) is 0 Å². The molecule has 5 atom stereocenters. The largest absolute Gasteiger partial charge is 0.472 e. The van der Waals surface area contributed by atoms with Gasteiger partial charge in [0, 0.05) is 25.7 Å².